The fraction of sp³-hybridized carbons (Fsp3) is 0.522. The molecule has 0 aromatic heterocycles. The van der Waals surface area contributed by atoms with Gasteiger partial charge in [0.1, 0.15) is 0 Å². The van der Waals surface area contributed by atoms with E-state index < -0.39 is 45.9 Å². The minimum atomic E-state index is -3.98. The number of hydrogen-bond donors (Lipinski definition) is 0. The van der Waals surface area contributed by atoms with E-state index >= 15 is 0 Å². The zero-order valence-electron chi connectivity index (χ0n) is 22.0. The molecule has 0 aliphatic heterocycles. The number of sulfone groups is 1. The second kappa shape index (κ2) is 12.5. The lowest BCUT2D eigenvalue weighted by Crippen LogP contribution is -2.52. The van der Waals surface area contributed by atoms with Gasteiger partial charge < -0.3 is 17.9 Å². The van der Waals surface area contributed by atoms with Gasteiger partial charge in [0.05, 0.1) is 12.0 Å². The molecule has 0 aliphatic rings. The van der Waals surface area contributed by atoms with Gasteiger partial charge in [-0.15, -0.1) is 0 Å². The van der Waals surface area contributed by atoms with Crippen LogP contribution in [0.15, 0.2) is 58.5 Å². The fourth-order valence-electron chi connectivity index (χ4n) is 3.51. The summed E-state index contributed by atoms with van der Waals surface area (Å²) in [7, 11) is -6.69. The third-order valence-electron chi connectivity index (χ3n) is 4.50. The van der Waals surface area contributed by atoms with Crippen molar-refractivity contribution < 1.29 is 26.2 Å². The molecule has 1 rings (SSSR count). The van der Waals surface area contributed by atoms with E-state index in [0.29, 0.717) is 0 Å². The maximum atomic E-state index is 12.9. The molecule has 0 heterocycles. The highest BCUT2D eigenvalue weighted by Gasteiger charge is 2.39. The molecule has 0 saturated carbocycles. The van der Waals surface area contributed by atoms with Gasteiger partial charge in [-0.05, 0) is 88.8 Å². The number of carbonyl (C=O) groups is 1. The zero-order chi connectivity index (χ0) is 26.2. The summed E-state index contributed by atoms with van der Waals surface area (Å²) in [4.78, 5) is 13.8. The Bertz CT molecular complexity index is 951. The lowest BCUT2D eigenvalue weighted by molar-refractivity contribution is -0.135. The van der Waals surface area contributed by atoms with E-state index in [9.17, 15) is 13.2 Å². The van der Waals surface area contributed by atoms with Crippen molar-refractivity contribution in [3.8, 4) is 0 Å². The Morgan fingerprint density at radius 2 is 1.50 bits per heavy atom. The van der Waals surface area contributed by atoms with Gasteiger partial charge in [0, 0.05) is 13.6 Å². The van der Waals surface area contributed by atoms with Crippen molar-refractivity contribution in [1.82, 2.24) is 4.90 Å². The molecule has 0 amide bonds. The lowest BCUT2D eigenvalue weighted by Gasteiger charge is -2.38. The quantitative estimate of drug-likeness (QED) is 0.148. The van der Waals surface area contributed by atoms with Gasteiger partial charge in [-0.3, -0.25) is 0 Å². The first-order valence-electron chi connectivity index (χ1n) is 11.4. The Morgan fingerprint density at radius 1 is 0.971 bits per heavy atom. The van der Waals surface area contributed by atoms with E-state index in [1.54, 1.807) is 30.5 Å². The van der Waals surface area contributed by atoms with Crippen LogP contribution in [0.1, 0.15) is 6.42 Å². The highest BCUT2D eigenvalue weighted by molar-refractivity contribution is 7.96. The van der Waals surface area contributed by atoms with E-state index in [2.05, 4.69) is 45.8 Å². The number of carbonyl (C=O) groups excluding carboxylic acids is 1. The smallest absolute Gasteiger partial charge is 0.349 e. The topological polar surface area (TPSA) is 82.1 Å². The van der Waals surface area contributed by atoms with Crippen molar-refractivity contribution in [3.05, 3.63) is 53.6 Å². The van der Waals surface area contributed by atoms with Crippen LogP contribution < -0.4 is 0 Å². The Hall–Kier alpha value is -1.51. The molecule has 0 unspecified atom stereocenters. The molecule has 0 saturated heterocycles. The number of allylic oxidation sites excluding steroid dienone is 2. The molecule has 11 heteroatoms. The van der Waals surface area contributed by atoms with E-state index in [0.717, 1.165) is 19.0 Å². The van der Waals surface area contributed by atoms with E-state index in [-0.39, 0.29) is 4.90 Å². The predicted molar refractivity (Wildman–Crippen MR) is 145 cm³/mol. The molecule has 0 N–H and O–H groups in total. The zero-order valence-corrected chi connectivity index (χ0v) is 25.9. The van der Waals surface area contributed by atoms with Crippen molar-refractivity contribution in [2.75, 3.05) is 20.7 Å². The van der Waals surface area contributed by atoms with Crippen molar-refractivity contribution >= 4 is 41.0 Å². The normalized spacial score (nSPS) is 13.9. The van der Waals surface area contributed by atoms with Crippen molar-refractivity contribution in [1.29, 1.82) is 0 Å². The average Bonchev–Trinajstić information content (AvgIpc) is 2.68. The summed E-state index contributed by atoms with van der Waals surface area (Å²) in [6.07, 6.45) is 5.47. The van der Waals surface area contributed by atoms with Crippen LogP contribution in [0.2, 0.25) is 51.9 Å². The Kier molecular flexibility index (Phi) is 11.2. The van der Waals surface area contributed by atoms with Crippen molar-refractivity contribution in [2.24, 2.45) is 0 Å². The minimum absolute atomic E-state index is 0.0439. The van der Waals surface area contributed by atoms with Crippen LogP contribution in [-0.4, -0.2) is 65.2 Å². The molecule has 0 spiro atoms. The summed E-state index contributed by atoms with van der Waals surface area (Å²) in [6.45, 7) is 16.1. The van der Waals surface area contributed by atoms with E-state index in [1.807, 2.05) is 11.9 Å². The van der Waals surface area contributed by atoms with Crippen LogP contribution >= 0.6 is 0 Å². The molecule has 0 atom stereocenters. The van der Waals surface area contributed by atoms with Crippen LogP contribution in [0.4, 0.5) is 0 Å². The number of ether oxygens (including phenoxy) is 1. The van der Waals surface area contributed by atoms with Gasteiger partial charge in [0.15, 0.2) is 21.5 Å². The number of benzene rings is 1. The molecule has 1 aromatic rings. The molecule has 1 aromatic carbocycles. The number of methoxy groups -OCH3 is 1. The Morgan fingerprint density at radius 3 is 1.97 bits per heavy atom. The van der Waals surface area contributed by atoms with Crippen molar-refractivity contribution in [3.63, 3.8) is 0 Å². The van der Waals surface area contributed by atoms with Gasteiger partial charge in [-0.1, -0.05) is 18.2 Å². The van der Waals surface area contributed by atoms with Gasteiger partial charge >= 0.3 is 14.5 Å². The highest BCUT2D eigenvalue weighted by atomic mass is 32.2. The van der Waals surface area contributed by atoms with Gasteiger partial charge in [0.2, 0.25) is 9.84 Å². The predicted octanol–water partition coefficient (Wildman–Crippen LogP) is 5.13. The number of esters is 1. The molecule has 7 nitrogen and oxygen atoms in total. The maximum absolute atomic E-state index is 12.9. The van der Waals surface area contributed by atoms with Gasteiger partial charge in [-0.25, -0.2) is 13.2 Å². The number of hydrogen-bond acceptors (Lipinski definition) is 7. The largest absolute Gasteiger partial charge is 0.465 e. The monoisotopic (exact) mass is 543 g/mol. The molecule has 192 valence electrons. The maximum Gasteiger partial charge on any atom is 0.349 e. The molecular formula is C23H41NO6SSi3. The third kappa shape index (κ3) is 10.8. The second-order valence-corrected chi connectivity index (χ2v) is 25.1. The summed E-state index contributed by atoms with van der Waals surface area (Å²) in [5.41, 5.74) is 0. The molecule has 34 heavy (non-hydrogen) atoms. The van der Waals surface area contributed by atoms with E-state index in [4.69, 9.17) is 13.0 Å². The Balaban J connectivity index is 2.90. The van der Waals surface area contributed by atoms with Crippen molar-refractivity contribution in [2.45, 2.75) is 63.2 Å². The molecule has 0 bridgehead atoms. The molecule has 0 fully saturated rings. The first-order valence-corrected chi connectivity index (χ1v) is 22.2. The number of nitrogens with zero attached hydrogens (tertiary/aromatic N) is 1. The first-order chi connectivity index (χ1) is 15.5. The number of rotatable bonds is 13. The summed E-state index contributed by atoms with van der Waals surface area (Å²) in [5, 5.41) is 0. The van der Waals surface area contributed by atoms with Crippen LogP contribution in [0.25, 0.3) is 0 Å². The Labute approximate surface area is 209 Å². The second-order valence-electron chi connectivity index (χ2n) is 10.3. The fourth-order valence-corrected chi connectivity index (χ4v) is 17.4. The van der Waals surface area contributed by atoms with Crippen LogP contribution in [0, 0.1) is 0 Å². The lowest BCUT2D eigenvalue weighted by atomic mass is 10.4. The molecule has 0 aliphatic carbocycles. The summed E-state index contributed by atoms with van der Waals surface area (Å²) in [6, 6.07) is 8.72. The van der Waals surface area contributed by atoms with Gasteiger partial charge in [0.25, 0.3) is 0 Å². The average molecular weight is 544 g/mol. The summed E-state index contributed by atoms with van der Waals surface area (Å²) < 4.78 is 43.6. The molecule has 0 radical (unpaired) electrons. The first kappa shape index (κ1) is 30.5. The van der Waals surface area contributed by atoms with Gasteiger partial charge in [-0.2, -0.15) is 0 Å². The SMILES string of the molecule is COC(=O)C(=CC=CN(C)CCC[Si](C)(O[Si](C)(C)C)O[Si](C)(C)C)S(=O)(=O)c1ccccc1. The minimum Gasteiger partial charge on any atom is -0.465 e. The summed E-state index contributed by atoms with van der Waals surface area (Å²) in [5.74, 6) is -0.898. The highest BCUT2D eigenvalue weighted by Crippen LogP contribution is 2.25. The standard InChI is InChI=1S/C23H41NO6SSi3/c1-24(19-14-20-34(9,29-32(3,4)5)30-33(6,7)8)18-13-17-22(23(25)28-2)31(26,27)21-15-11-10-12-16-21/h10-13,15-18H,14,19-20H2,1-9H3. The molecular weight excluding hydrogens is 503 g/mol. The summed E-state index contributed by atoms with van der Waals surface area (Å²) >= 11 is 0. The van der Waals surface area contributed by atoms with Crippen LogP contribution in [0.5, 0.6) is 0 Å². The van der Waals surface area contributed by atoms with Crippen LogP contribution in [0.3, 0.4) is 0 Å². The van der Waals surface area contributed by atoms with E-state index in [1.165, 1.54) is 25.3 Å². The van der Waals surface area contributed by atoms with Crippen LogP contribution in [-0.2, 0) is 27.6 Å². The third-order valence-corrected chi connectivity index (χ3v) is 15.9.